The van der Waals surface area contributed by atoms with Crippen molar-refractivity contribution in [2.45, 2.75) is 12.6 Å². The predicted molar refractivity (Wildman–Crippen MR) is 72.3 cm³/mol. The minimum atomic E-state index is -0.206. The second kappa shape index (κ2) is 6.20. The molecule has 3 heteroatoms. The van der Waals surface area contributed by atoms with Crippen molar-refractivity contribution < 1.29 is 5.26 Å². The Kier molecular flexibility index (Phi) is 4.35. The van der Waals surface area contributed by atoms with Crippen LogP contribution in [0.5, 0.6) is 0 Å². The molecule has 0 radical (unpaired) electrons. The topological polar surface area (TPSA) is 35.8 Å². The molecule has 0 heterocycles. The standard InChI is InChI=1S/C15H13ClN2/c16-14-8-6-13(7-9-14)15(10-17)18-11-12-4-2-1-3-5-12/h1-9,15,18H,11H2/p+1/t15-/m1/s1. The van der Waals surface area contributed by atoms with Gasteiger partial charge in [-0.25, -0.2) is 0 Å². The summed E-state index contributed by atoms with van der Waals surface area (Å²) in [5.74, 6) is 0. The third-order valence-electron chi connectivity index (χ3n) is 2.70. The first-order chi connectivity index (χ1) is 8.79. The summed E-state index contributed by atoms with van der Waals surface area (Å²) in [6.45, 7) is 0.708. The van der Waals surface area contributed by atoms with E-state index in [2.05, 4.69) is 23.5 Å². The van der Waals surface area contributed by atoms with Crippen molar-refractivity contribution in [2.75, 3.05) is 0 Å². The van der Waals surface area contributed by atoms with Crippen LogP contribution in [0, 0.1) is 6.07 Å². The summed E-state index contributed by atoms with van der Waals surface area (Å²) >= 11 is 5.84. The molecule has 0 amide bonds. The van der Waals surface area contributed by atoms with Gasteiger partial charge in [0.25, 0.3) is 6.07 Å². The normalized spacial score (nSPS) is 11.8. The maximum Gasteiger partial charge on any atom is 0.294 e. The van der Waals surface area contributed by atoms with E-state index >= 15 is 0 Å². The van der Waals surface area contributed by atoms with Gasteiger partial charge in [-0.3, -0.25) is 5.32 Å². The molecule has 0 spiro atoms. The van der Waals surface area contributed by atoms with Crippen LogP contribution in [-0.4, -0.2) is 0 Å². The number of halogens is 1. The highest BCUT2D eigenvalue weighted by atomic mass is 35.5. The first-order valence-corrected chi connectivity index (χ1v) is 6.12. The monoisotopic (exact) mass is 257 g/mol. The molecule has 0 aliphatic carbocycles. The highest BCUT2D eigenvalue weighted by Gasteiger charge is 2.12. The average Bonchev–Trinajstić information content (AvgIpc) is 2.42. The number of benzene rings is 2. The highest BCUT2D eigenvalue weighted by molar-refractivity contribution is 6.30. The van der Waals surface area contributed by atoms with Crippen molar-refractivity contribution in [1.29, 1.82) is 0 Å². The molecule has 18 heavy (non-hydrogen) atoms. The van der Waals surface area contributed by atoms with Crippen LogP contribution in [0.25, 0.3) is 0 Å². The van der Waals surface area contributed by atoms with E-state index in [1.807, 2.05) is 42.5 Å². The molecule has 2 nitrogen and oxygen atoms in total. The zero-order valence-corrected chi connectivity index (χ0v) is 10.6. The summed E-state index contributed by atoms with van der Waals surface area (Å²) in [4.78, 5) is 0. The van der Waals surface area contributed by atoms with Crippen molar-refractivity contribution in [3.8, 4) is 6.07 Å². The van der Waals surface area contributed by atoms with E-state index in [1.54, 1.807) is 0 Å². The molecule has 2 rings (SSSR count). The highest BCUT2D eigenvalue weighted by Crippen LogP contribution is 2.16. The molecule has 0 aliphatic rings. The van der Waals surface area contributed by atoms with Crippen molar-refractivity contribution in [3.63, 3.8) is 0 Å². The molecule has 1 atom stereocenters. The van der Waals surface area contributed by atoms with Gasteiger partial charge in [-0.05, 0) is 23.3 Å². The van der Waals surface area contributed by atoms with Crippen LogP contribution in [0.1, 0.15) is 17.2 Å². The molecule has 0 aromatic heterocycles. The van der Waals surface area contributed by atoms with Crippen molar-refractivity contribution in [3.05, 3.63) is 70.7 Å². The Balaban J connectivity index is 2.02. The van der Waals surface area contributed by atoms with Gasteiger partial charge in [-0.2, -0.15) is 0 Å². The van der Waals surface area contributed by atoms with Crippen molar-refractivity contribution in [1.82, 2.24) is 5.32 Å². The Bertz CT molecular complexity index is 529. The second-order valence-electron chi connectivity index (χ2n) is 4.00. The Labute approximate surface area is 112 Å². The van der Waals surface area contributed by atoms with Gasteiger partial charge >= 0.3 is 0 Å². The molecular weight excluding hydrogens is 244 g/mol. The fourth-order valence-corrected chi connectivity index (χ4v) is 1.85. The third kappa shape index (κ3) is 3.33. The lowest BCUT2D eigenvalue weighted by atomic mass is 10.1. The van der Waals surface area contributed by atoms with Crippen LogP contribution >= 0.6 is 11.6 Å². The van der Waals surface area contributed by atoms with Crippen LogP contribution in [-0.2, 0) is 6.54 Å². The Hall–Kier alpha value is -1.82. The Morgan fingerprint density at radius 1 is 1.06 bits per heavy atom. The molecule has 0 aliphatic heterocycles. The van der Waals surface area contributed by atoms with Crippen LogP contribution in [0.15, 0.2) is 54.6 Å². The van der Waals surface area contributed by atoms with E-state index in [-0.39, 0.29) is 6.04 Å². The smallest absolute Gasteiger partial charge is 0.290 e. The van der Waals surface area contributed by atoms with Gasteiger partial charge in [0.15, 0.2) is 6.04 Å². The van der Waals surface area contributed by atoms with Gasteiger partial charge in [0.1, 0.15) is 0 Å². The Morgan fingerprint density at radius 3 is 2.33 bits per heavy atom. The molecule has 0 saturated heterocycles. The predicted octanol–water partition coefficient (Wildman–Crippen LogP) is 1.94. The SMILES string of the molecule is [NH+]#C[C@@H](NCc1ccccc1)c1ccc(Cl)cc1. The molecule has 0 unspecified atom stereocenters. The summed E-state index contributed by atoms with van der Waals surface area (Å²) in [6.07, 6.45) is 0. The first kappa shape index (κ1) is 12.6. The fourth-order valence-electron chi connectivity index (χ4n) is 1.72. The quantitative estimate of drug-likeness (QED) is 0.863. The summed E-state index contributed by atoms with van der Waals surface area (Å²) in [5, 5.41) is 11.4. The Morgan fingerprint density at radius 2 is 1.72 bits per heavy atom. The van der Waals surface area contributed by atoms with Crippen molar-refractivity contribution >= 4 is 11.6 Å². The van der Waals surface area contributed by atoms with E-state index in [4.69, 9.17) is 16.9 Å². The minimum Gasteiger partial charge on any atom is -0.290 e. The zero-order chi connectivity index (χ0) is 12.8. The second-order valence-corrected chi connectivity index (χ2v) is 4.43. The largest absolute Gasteiger partial charge is 0.294 e. The van der Waals surface area contributed by atoms with Crippen LogP contribution < -0.4 is 10.6 Å². The average molecular weight is 258 g/mol. The number of hydrogen-bond donors (Lipinski definition) is 2. The van der Waals surface area contributed by atoms with Crippen LogP contribution in [0.4, 0.5) is 0 Å². The molecule has 2 N–H and O–H groups in total. The van der Waals surface area contributed by atoms with Gasteiger partial charge in [0, 0.05) is 11.6 Å². The number of nitrogens with one attached hydrogen (secondary N) is 2. The maximum atomic E-state index is 7.37. The molecule has 90 valence electrons. The summed E-state index contributed by atoms with van der Waals surface area (Å²) in [5.41, 5.74) is 2.18. The van der Waals surface area contributed by atoms with Gasteiger partial charge in [0.05, 0.1) is 0 Å². The van der Waals surface area contributed by atoms with E-state index < -0.39 is 0 Å². The molecule has 0 fully saturated rings. The van der Waals surface area contributed by atoms with Crippen LogP contribution in [0.3, 0.4) is 0 Å². The lowest BCUT2D eigenvalue weighted by Crippen LogP contribution is -2.28. The van der Waals surface area contributed by atoms with Gasteiger partial charge in [-0.1, -0.05) is 59.3 Å². The van der Waals surface area contributed by atoms with E-state index in [0.29, 0.717) is 11.6 Å². The molecule has 2 aromatic rings. The van der Waals surface area contributed by atoms with Crippen molar-refractivity contribution in [2.24, 2.45) is 0 Å². The van der Waals surface area contributed by atoms with Gasteiger partial charge in [-0.15, -0.1) is 0 Å². The van der Waals surface area contributed by atoms with Gasteiger partial charge < -0.3 is 0 Å². The molecular formula is C15H14ClN2+. The summed E-state index contributed by atoms with van der Waals surface area (Å²) in [7, 11) is 0. The van der Waals surface area contributed by atoms with E-state index in [9.17, 15) is 0 Å². The third-order valence-corrected chi connectivity index (χ3v) is 2.95. The number of rotatable bonds is 4. The lowest BCUT2D eigenvalue weighted by Gasteiger charge is -2.09. The van der Waals surface area contributed by atoms with Crippen LogP contribution in [0.2, 0.25) is 5.02 Å². The van der Waals surface area contributed by atoms with E-state index in [1.165, 1.54) is 5.56 Å². The summed E-state index contributed by atoms with van der Waals surface area (Å²) in [6, 6.07) is 19.9. The fraction of sp³-hybridized carbons (Fsp3) is 0.133. The summed E-state index contributed by atoms with van der Waals surface area (Å²) < 4.78 is 0. The van der Waals surface area contributed by atoms with Gasteiger partial charge in [0.2, 0.25) is 0 Å². The minimum absolute atomic E-state index is 0.206. The molecule has 0 saturated carbocycles. The molecule has 0 bridgehead atoms. The molecule has 2 aromatic carbocycles. The van der Waals surface area contributed by atoms with E-state index in [0.717, 1.165) is 5.56 Å². The number of hydrogen-bond acceptors (Lipinski definition) is 1. The lowest BCUT2D eigenvalue weighted by molar-refractivity contribution is -0.0969. The zero-order valence-electron chi connectivity index (χ0n) is 9.86. The maximum absolute atomic E-state index is 7.37. The first-order valence-electron chi connectivity index (χ1n) is 5.74.